The predicted octanol–water partition coefficient (Wildman–Crippen LogP) is 3.45. The monoisotopic (exact) mass is 386 g/mol. The van der Waals surface area contributed by atoms with Gasteiger partial charge in [-0.2, -0.15) is 13.2 Å². The number of benzene rings is 1. The Bertz CT molecular complexity index is 825. The Morgan fingerprint density at radius 3 is 2.52 bits per heavy atom. The molecule has 3 atom stereocenters. The van der Waals surface area contributed by atoms with Crippen molar-refractivity contribution in [1.29, 1.82) is 0 Å². The van der Waals surface area contributed by atoms with E-state index in [9.17, 15) is 32.9 Å². The van der Waals surface area contributed by atoms with Crippen molar-refractivity contribution in [2.75, 3.05) is 4.90 Å². The van der Waals surface area contributed by atoms with Crippen molar-refractivity contribution in [3.63, 3.8) is 0 Å². The maximum atomic E-state index is 13.2. The van der Waals surface area contributed by atoms with E-state index in [4.69, 9.17) is 4.74 Å². The molecule has 1 aromatic carbocycles. The molecule has 27 heavy (non-hydrogen) atoms. The number of hydrogen-bond acceptors (Lipinski definition) is 5. The first-order chi connectivity index (χ1) is 12.4. The second-order valence-electron chi connectivity index (χ2n) is 7.06. The van der Waals surface area contributed by atoms with E-state index in [0.717, 1.165) is 6.07 Å². The number of anilines is 1. The molecule has 2 aliphatic heterocycles. The molecular formula is C17H17F3N2O5. The number of nitro benzene ring substituents is 1. The number of rotatable bonds is 3. The molecule has 0 bridgehead atoms. The highest BCUT2D eigenvalue weighted by atomic mass is 19.4. The second-order valence-corrected chi connectivity index (χ2v) is 7.06. The first-order valence-corrected chi connectivity index (χ1v) is 8.34. The third-order valence-corrected chi connectivity index (χ3v) is 5.14. The number of carbonyl (C=O) groups excluding carboxylic acids is 2. The predicted molar refractivity (Wildman–Crippen MR) is 86.9 cm³/mol. The molecule has 0 saturated carbocycles. The molecule has 0 aromatic heterocycles. The minimum atomic E-state index is -5.00. The van der Waals surface area contributed by atoms with E-state index < -0.39 is 45.7 Å². The van der Waals surface area contributed by atoms with Crippen molar-refractivity contribution in [1.82, 2.24) is 0 Å². The smallest absolute Gasteiger partial charge is 0.372 e. The number of amides is 2. The molecule has 2 heterocycles. The van der Waals surface area contributed by atoms with E-state index in [1.54, 1.807) is 6.92 Å². The molecule has 0 aliphatic carbocycles. The Kier molecular flexibility index (Phi) is 4.49. The van der Waals surface area contributed by atoms with E-state index in [-0.39, 0.29) is 18.2 Å². The number of imide groups is 1. The van der Waals surface area contributed by atoms with E-state index in [1.807, 2.05) is 6.92 Å². The fourth-order valence-electron chi connectivity index (χ4n) is 3.75. The van der Waals surface area contributed by atoms with Crippen LogP contribution in [0.3, 0.4) is 0 Å². The summed E-state index contributed by atoms with van der Waals surface area (Å²) >= 11 is 0. The number of halogens is 3. The van der Waals surface area contributed by atoms with Gasteiger partial charge in [-0.25, -0.2) is 0 Å². The van der Waals surface area contributed by atoms with Crippen LogP contribution in [0.2, 0.25) is 0 Å². The van der Waals surface area contributed by atoms with E-state index >= 15 is 0 Å². The van der Waals surface area contributed by atoms with Crippen LogP contribution in [0.5, 0.6) is 0 Å². The highest BCUT2D eigenvalue weighted by Crippen LogP contribution is 2.44. The van der Waals surface area contributed by atoms with Crippen LogP contribution in [-0.4, -0.2) is 28.4 Å². The summed E-state index contributed by atoms with van der Waals surface area (Å²) in [5.41, 5.74) is -3.85. The highest BCUT2D eigenvalue weighted by molar-refractivity contribution is 6.21. The molecule has 0 N–H and O–H groups in total. The van der Waals surface area contributed by atoms with Gasteiger partial charge in [-0.3, -0.25) is 24.6 Å². The molecule has 0 radical (unpaired) electrons. The van der Waals surface area contributed by atoms with Gasteiger partial charge >= 0.3 is 6.18 Å². The fourth-order valence-corrected chi connectivity index (χ4v) is 3.75. The van der Waals surface area contributed by atoms with Gasteiger partial charge in [-0.05, 0) is 38.8 Å². The lowest BCUT2D eigenvalue weighted by atomic mass is 9.85. The number of hydrogen-bond donors (Lipinski definition) is 0. The van der Waals surface area contributed by atoms with Gasteiger partial charge in [0.05, 0.1) is 28.2 Å². The van der Waals surface area contributed by atoms with Crippen LogP contribution in [0.25, 0.3) is 0 Å². The summed E-state index contributed by atoms with van der Waals surface area (Å²) < 4.78 is 45.3. The van der Waals surface area contributed by atoms with Crippen molar-refractivity contribution in [2.45, 2.75) is 51.0 Å². The molecule has 3 rings (SSSR count). The third kappa shape index (κ3) is 3.29. The van der Waals surface area contributed by atoms with Gasteiger partial charge in [-0.1, -0.05) is 0 Å². The maximum absolute atomic E-state index is 13.2. The van der Waals surface area contributed by atoms with E-state index in [2.05, 4.69) is 0 Å². The van der Waals surface area contributed by atoms with Gasteiger partial charge in [0.2, 0.25) is 11.8 Å². The van der Waals surface area contributed by atoms with Gasteiger partial charge < -0.3 is 4.74 Å². The second kappa shape index (κ2) is 6.29. The molecule has 0 spiro atoms. The van der Waals surface area contributed by atoms with Gasteiger partial charge in [-0.15, -0.1) is 0 Å². The van der Waals surface area contributed by atoms with Crippen molar-refractivity contribution in [3.8, 4) is 0 Å². The minimum absolute atomic E-state index is 0.0804. The third-order valence-electron chi connectivity index (χ3n) is 5.14. The fraction of sp³-hybridized carbons (Fsp3) is 0.529. The lowest BCUT2D eigenvalue weighted by Crippen LogP contribution is -2.41. The lowest BCUT2D eigenvalue weighted by molar-refractivity contribution is -0.388. The van der Waals surface area contributed by atoms with Gasteiger partial charge in [0.15, 0.2) is 0 Å². The van der Waals surface area contributed by atoms with E-state index in [0.29, 0.717) is 29.9 Å². The SMILES string of the molecule is CC1CCC(C)(C2CC(=O)N(c3ccc([N+](=O)[O-])c(C(F)(F)F)c3)C2=O)O1. The van der Waals surface area contributed by atoms with Crippen molar-refractivity contribution < 1.29 is 32.4 Å². The van der Waals surface area contributed by atoms with E-state index in [1.165, 1.54) is 0 Å². The standard InChI is InChI=1S/C17H17F3N2O5/c1-9-5-6-16(2,27-9)12-8-14(23)21(15(12)24)10-3-4-13(22(25)26)11(7-10)17(18,19)20/h3-4,7,9,12H,5-6,8H2,1-2H3. The van der Waals surface area contributed by atoms with Gasteiger partial charge in [0.25, 0.3) is 5.69 Å². The summed E-state index contributed by atoms with van der Waals surface area (Å²) in [5.74, 6) is -2.12. The molecule has 1 aromatic rings. The summed E-state index contributed by atoms with van der Waals surface area (Å²) in [5, 5.41) is 10.9. The lowest BCUT2D eigenvalue weighted by Gasteiger charge is -2.29. The largest absolute Gasteiger partial charge is 0.423 e. The highest BCUT2D eigenvalue weighted by Gasteiger charge is 2.53. The first kappa shape index (κ1) is 19.3. The Morgan fingerprint density at radius 1 is 1.33 bits per heavy atom. The van der Waals surface area contributed by atoms with Crippen LogP contribution in [0.4, 0.5) is 24.5 Å². The number of nitro groups is 1. The zero-order valence-electron chi connectivity index (χ0n) is 14.6. The topological polar surface area (TPSA) is 89.8 Å². The summed E-state index contributed by atoms with van der Waals surface area (Å²) in [6.07, 6.45) is -3.99. The zero-order valence-corrected chi connectivity index (χ0v) is 14.6. The minimum Gasteiger partial charge on any atom is -0.372 e. The summed E-state index contributed by atoms with van der Waals surface area (Å²) in [6.45, 7) is 3.56. The van der Waals surface area contributed by atoms with Gasteiger partial charge in [0.1, 0.15) is 5.56 Å². The number of nitrogens with zero attached hydrogens (tertiary/aromatic N) is 2. The summed E-state index contributed by atoms with van der Waals surface area (Å²) in [7, 11) is 0. The Labute approximate surface area is 152 Å². The Hall–Kier alpha value is -2.49. The number of alkyl halides is 3. The molecular weight excluding hydrogens is 369 g/mol. The Morgan fingerprint density at radius 2 is 2.00 bits per heavy atom. The van der Waals surface area contributed by atoms with Crippen molar-refractivity contribution in [3.05, 3.63) is 33.9 Å². The quantitative estimate of drug-likeness (QED) is 0.451. The van der Waals surface area contributed by atoms with Crippen LogP contribution in [0.15, 0.2) is 18.2 Å². The summed E-state index contributed by atoms with van der Waals surface area (Å²) in [4.78, 5) is 35.6. The molecule has 3 unspecified atom stereocenters. The van der Waals surface area contributed by atoms with Crippen LogP contribution >= 0.6 is 0 Å². The van der Waals surface area contributed by atoms with Crippen LogP contribution in [-0.2, 0) is 20.5 Å². The molecule has 146 valence electrons. The summed E-state index contributed by atoms with van der Waals surface area (Å²) in [6, 6.07) is 2.10. The maximum Gasteiger partial charge on any atom is 0.423 e. The molecule has 2 aliphatic rings. The normalized spacial score (nSPS) is 28.9. The van der Waals surface area contributed by atoms with Gasteiger partial charge in [0, 0.05) is 12.5 Å². The Balaban J connectivity index is 1.98. The zero-order chi connectivity index (χ0) is 20.1. The van der Waals surface area contributed by atoms with Crippen molar-refractivity contribution >= 4 is 23.2 Å². The molecule has 2 fully saturated rings. The number of carbonyl (C=O) groups is 2. The molecule has 7 nitrogen and oxygen atoms in total. The van der Waals surface area contributed by atoms with Crippen LogP contribution < -0.4 is 4.90 Å². The first-order valence-electron chi connectivity index (χ1n) is 8.34. The van der Waals surface area contributed by atoms with Crippen LogP contribution in [0, 0.1) is 16.0 Å². The molecule has 10 heteroatoms. The molecule has 2 amide bonds. The molecule has 2 saturated heterocycles. The average Bonchev–Trinajstić information content (AvgIpc) is 3.06. The average molecular weight is 386 g/mol. The van der Waals surface area contributed by atoms with Crippen molar-refractivity contribution in [2.24, 2.45) is 5.92 Å². The number of ether oxygens (including phenoxy) is 1. The van der Waals surface area contributed by atoms with Crippen LogP contribution in [0.1, 0.15) is 38.7 Å².